The normalized spacial score (nSPS) is 19.9. The lowest BCUT2D eigenvalue weighted by molar-refractivity contribution is -0.136. The molecule has 1 unspecified atom stereocenters. The molecule has 1 aliphatic heterocycles. The van der Waals surface area contributed by atoms with Gasteiger partial charge in [-0.25, -0.2) is 9.79 Å². The summed E-state index contributed by atoms with van der Waals surface area (Å²) in [5, 5.41) is 3.32. The Morgan fingerprint density at radius 1 is 1.45 bits per heavy atom. The van der Waals surface area contributed by atoms with Crippen LogP contribution < -0.4 is 5.32 Å². The van der Waals surface area contributed by atoms with Crippen LogP contribution in [0.4, 0.5) is 0 Å². The van der Waals surface area contributed by atoms with E-state index in [-0.39, 0.29) is 12.0 Å². The molecule has 0 radical (unpaired) electrons. The number of benzene rings is 1. The van der Waals surface area contributed by atoms with Gasteiger partial charge in [-0.3, -0.25) is 0 Å². The number of carbonyl (C=O) groups is 1. The molecule has 0 saturated heterocycles. The molecule has 1 atom stereocenters. The second-order valence-electron chi connectivity index (χ2n) is 4.99. The van der Waals surface area contributed by atoms with Gasteiger partial charge in [-0.05, 0) is 12.5 Å². The number of ether oxygens (including phenoxy) is 1. The van der Waals surface area contributed by atoms with Crippen molar-refractivity contribution in [2.24, 2.45) is 4.99 Å². The molecule has 5 nitrogen and oxygen atoms in total. The number of hydrogen-bond acceptors (Lipinski definition) is 3. The Hall–Kier alpha value is -2.56. The largest absolute Gasteiger partial charge is 0.466 e. The van der Waals surface area contributed by atoms with Gasteiger partial charge in [-0.1, -0.05) is 36.4 Å². The summed E-state index contributed by atoms with van der Waals surface area (Å²) in [6, 6.07) is 9.50. The van der Waals surface area contributed by atoms with Gasteiger partial charge in [0.2, 0.25) is 0 Å². The first-order valence-electron chi connectivity index (χ1n) is 7.09. The maximum absolute atomic E-state index is 12.2. The molecule has 1 aromatic rings. The molecule has 0 amide bonds. The first-order valence-corrected chi connectivity index (χ1v) is 7.09. The smallest absolute Gasteiger partial charge is 0.337 e. The Kier molecular flexibility index (Phi) is 4.99. The van der Waals surface area contributed by atoms with Crippen LogP contribution in [0.15, 0.2) is 59.2 Å². The molecule has 1 aromatic carbocycles. The maximum atomic E-state index is 12.2. The Morgan fingerprint density at radius 2 is 2.14 bits per heavy atom. The Balaban J connectivity index is 2.52. The molecule has 0 aliphatic carbocycles. The van der Waals surface area contributed by atoms with E-state index in [1.54, 1.807) is 6.08 Å². The Labute approximate surface area is 131 Å². The van der Waals surface area contributed by atoms with Gasteiger partial charge in [0.1, 0.15) is 0 Å². The number of allylic oxidation sites excluding steroid dienone is 1. The van der Waals surface area contributed by atoms with Gasteiger partial charge in [0, 0.05) is 12.7 Å². The van der Waals surface area contributed by atoms with Crippen LogP contribution in [0.2, 0.25) is 0 Å². The number of rotatable bonds is 4. The predicted molar refractivity (Wildman–Crippen MR) is 87.3 cm³/mol. The standard InChI is InChI=1S/C17H21N3O2/c1-5-11-18-17-19-15(13-9-7-6-8-10-13)14(16(21)22-4)12(2)20(17)3/h5-10,15H,1,11H2,2-4H3,(H,18,19). The SMILES string of the molecule is C=CCN=C1NC(c2ccccc2)C(C(=O)OC)=C(C)N1C. The van der Waals surface area contributed by atoms with Crippen LogP contribution in [-0.2, 0) is 9.53 Å². The highest BCUT2D eigenvalue weighted by Crippen LogP contribution is 2.30. The summed E-state index contributed by atoms with van der Waals surface area (Å²) in [6.45, 7) is 6.09. The number of guanidine groups is 1. The summed E-state index contributed by atoms with van der Waals surface area (Å²) in [4.78, 5) is 18.5. The monoisotopic (exact) mass is 299 g/mol. The highest BCUT2D eigenvalue weighted by molar-refractivity contribution is 5.96. The van der Waals surface area contributed by atoms with Gasteiger partial charge < -0.3 is 15.0 Å². The molecule has 1 N–H and O–H groups in total. The minimum atomic E-state index is -0.339. The van der Waals surface area contributed by atoms with Crippen molar-refractivity contribution in [3.05, 3.63) is 59.8 Å². The molecule has 0 spiro atoms. The Morgan fingerprint density at radius 3 is 2.73 bits per heavy atom. The van der Waals surface area contributed by atoms with E-state index in [9.17, 15) is 4.79 Å². The van der Waals surface area contributed by atoms with Crippen molar-refractivity contribution < 1.29 is 9.53 Å². The summed E-state index contributed by atoms with van der Waals surface area (Å²) in [5.41, 5.74) is 2.40. The van der Waals surface area contributed by atoms with E-state index in [1.807, 2.05) is 49.2 Å². The number of hydrogen-bond donors (Lipinski definition) is 1. The van der Waals surface area contributed by atoms with Crippen molar-refractivity contribution in [3.8, 4) is 0 Å². The first kappa shape index (κ1) is 15.8. The highest BCUT2D eigenvalue weighted by atomic mass is 16.5. The van der Waals surface area contributed by atoms with Crippen molar-refractivity contribution in [2.75, 3.05) is 20.7 Å². The third kappa shape index (κ3) is 3.03. The summed E-state index contributed by atoms with van der Waals surface area (Å²) < 4.78 is 4.96. The molecule has 1 aliphatic rings. The van der Waals surface area contributed by atoms with Crippen LogP contribution in [0.25, 0.3) is 0 Å². The van der Waals surface area contributed by atoms with E-state index in [2.05, 4.69) is 16.9 Å². The summed E-state index contributed by atoms with van der Waals surface area (Å²) in [6.07, 6.45) is 1.73. The molecule has 2 rings (SSSR count). The van der Waals surface area contributed by atoms with Crippen molar-refractivity contribution in [1.82, 2.24) is 10.2 Å². The van der Waals surface area contributed by atoms with Crippen molar-refractivity contribution >= 4 is 11.9 Å². The third-order valence-corrected chi connectivity index (χ3v) is 3.68. The number of methoxy groups -OCH3 is 1. The van der Waals surface area contributed by atoms with Crippen molar-refractivity contribution in [1.29, 1.82) is 0 Å². The fraction of sp³-hybridized carbons (Fsp3) is 0.294. The van der Waals surface area contributed by atoms with Crippen LogP contribution >= 0.6 is 0 Å². The summed E-state index contributed by atoms with van der Waals surface area (Å²) >= 11 is 0. The lowest BCUT2D eigenvalue weighted by atomic mass is 9.95. The van der Waals surface area contributed by atoms with Gasteiger partial charge in [0.15, 0.2) is 5.96 Å². The minimum Gasteiger partial charge on any atom is -0.466 e. The van der Waals surface area contributed by atoms with Crippen LogP contribution in [-0.4, -0.2) is 37.5 Å². The third-order valence-electron chi connectivity index (χ3n) is 3.68. The molecule has 0 aromatic heterocycles. The van der Waals surface area contributed by atoms with Crippen LogP contribution in [0.3, 0.4) is 0 Å². The molecule has 5 heteroatoms. The first-order chi connectivity index (χ1) is 10.6. The van der Waals surface area contributed by atoms with E-state index in [4.69, 9.17) is 4.74 Å². The average Bonchev–Trinajstić information content (AvgIpc) is 2.56. The zero-order chi connectivity index (χ0) is 16.1. The predicted octanol–water partition coefficient (Wildman–Crippen LogP) is 2.25. The lowest BCUT2D eigenvalue weighted by Crippen LogP contribution is -2.47. The van der Waals surface area contributed by atoms with Gasteiger partial charge in [0.25, 0.3) is 0 Å². The fourth-order valence-corrected chi connectivity index (χ4v) is 2.42. The van der Waals surface area contributed by atoms with Crippen LogP contribution in [0.1, 0.15) is 18.5 Å². The van der Waals surface area contributed by atoms with Gasteiger partial charge in [-0.2, -0.15) is 0 Å². The second-order valence-corrected chi connectivity index (χ2v) is 4.99. The zero-order valence-corrected chi connectivity index (χ0v) is 13.2. The molecule has 116 valence electrons. The molecular weight excluding hydrogens is 278 g/mol. The Bertz CT molecular complexity index is 620. The van der Waals surface area contributed by atoms with E-state index in [1.165, 1.54) is 7.11 Å². The van der Waals surface area contributed by atoms with E-state index in [0.29, 0.717) is 18.1 Å². The van der Waals surface area contributed by atoms with Crippen molar-refractivity contribution in [3.63, 3.8) is 0 Å². The molecule has 0 saturated carbocycles. The topological polar surface area (TPSA) is 53.9 Å². The summed E-state index contributed by atoms with van der Waals surface area (Å²) in [5.74, 6) is 0.368. The molecule has 0 bridgehead atoms. The average molecular weight is 299 g/mol. The van der Waals surface area contributed by atoms with Crippen molar-refractivity contribution in [2.45, 2.75) is 13.0 Å². The minimum absolute atomic E-state index is 0.284. The van der Waals surface area contributed by atoms with Gasteiger partial charge in [0.05, 0.1) is 25.3 Å². The molecule has 1 heterocycles. The van der Waals surface area contributed by atoms with E-state index < -0.39 is 0 Å². The number of carbonyl (C=O) groups excluding carboxylic acids is 1. The quantitative estimate of drug-likeness (QED) is 0.684. The van der Waals surface area contributed by atoms with Gasteiger partial charge >= 0.3 is 5.97 Å². The van der Waals surface area contributed by atoms with E-state index in [0.717, 1.165) is 11.3 Å². The molecular formula is C17H21N3O2. The molecule has 0 fully saturated rings. The van der Waals surface area contributed by atoms with Gasteiger partial charge in [-0.15, -0.1) is 6.58 Å². The number of esters is 1. The lowest BCUT2D eigenvalue weighted by Gasteiger charge is -2.35. The summed E-state index contributed by atoms with van der Waals surface area (Å²) in [7, 11) is 3.26. The number of aliphatic imine (C=N–C) groups is 1. The number of nitrogens with one attached hydrogen (secondary N) is 1. The highest BCUT2D eigenvalue weighted by Gasteiger charge is 2.33. The van der Waals surface area contributed by atoms with E-state index >= 15 is 0 Å². The fourth-order valence-electron chi connectivity index (χ4n) is 2.42. The maximum Gasteiger partial charge on any atom is 0.337 e. The van der Waals surface area contributed by atoms with Crippen LogP contribution in [0, 0.1) is 0 Å². The zero-order valence-electron chi connectivity index (χ0n) is 13.2. The molecule has 22 heavy (non-hydrogen) atoms. The second kappa shape index (κ2) is 6.93. The number of nitrogens with zero attached hydrogens (tertiary/aromatic N) is 2. The van der Waals surface area contributed by atoms with Crippen LogP contribution in [0.5, 0.6) is 0 Å².